The first-order chi connectivity index (χ1) is 7.63. The molecule has 0 aliphatic carbocycles. The summed E-state index contributed by atoms with van der Waals surface area (Å²) in [5.41, 5.74) is 7.05. The number of carbonyl (C=O) groups is 1. The number of ether oxygens (including phenoxy) is 1. The van der Waals surface area contributed by atoms with E-state index in [9.17, 15) is 4.79 Å². The minimum atomic E-state index is -1.04. The number of nitrogens with one attached hydrogen (secondary N) is 2. The molecule has 0 heterocycles. The van der Waals surface area contributed by atoms with Gasteiger partial charge in [0.2, 0.25) is 0 Å². The van der Waals surface area contributed by atoms with E-state index in [0.717, 1.165) is 5.69 Å². The molecule has 1 aromatic carbocycles. The van der Waals surface area contributed by atoms with Gasteiger partial charge in [-0.15, -0.1) is 0 Å². The molecule has 0 aromatic heterocycles. The zero-order chi connectivity index (χ0) is 12.0. The summed E-state index contributed by atoms with van der Waals surface area (Å²) in [6, 6.07) is 5.25. The van der Waals surface area contributed by atoms with E-state index < -0.39 is 6.09 Å². The molecule has 6 nitrogen and oxygen atoms in total. The number of amides is 1. The van der Waals surface area contributed by atoms with Crippen LogP contribution in [-0.2, 0) is 0 Å². The van der Waals surface area contributed by atoms with E-state index in [2.05, 4.69) is 10.6 Å². The fourth-order valence-corrected chi connectivity index (χ4v) is 1.18. The second-order valence-corrected chi connectivity index (χ2v) is 3.11. The van der Waals surface area contributed by atoms with Crippen molar-refractivity contribution in [2.75, 3.05) is 31.2 Å². The molecule has 1 aromatic rings. The van der Waals surface area contributed by atoms with Crippen molar-refractivity contribution >= 4 is 17.5 Å². The quantitative estimate of drug-likeness (QED) is 0.442. The van der Waals surface area contributed by atoms with Crippen LogP contribution in [0.1, 0.15) is 0 Å². The largest absolute Gasteiger partial charge is 0.497 e. The molecule has 0 saturated heterocycles. The Morgan fingerprint density at radius 2 is 2.25 bits per heavy atom. The Morgan fingerprint density at radius 3 is 2.88 bits per heavy atom. The third-order valence-corrected chi connectivity index (χ3v) is 1.98. The SMILES string of the molecule is COc1ccc(N)c(NCCNC(=O)O)c1. The second-order valence-electron chi connectivity index (χ2n) is 3.11. The summed E-state index contributed by atoms with van der Waals surface area (Å²) in [4.78, 5) is 10.2. The van der Waals surface area contributed by atoms with Crippen molar-refractivity contribution in [3.63, 3.8) is 0 Å². The topological polar surface area (TPSA) is 96.6 Å². The Balaban J connectivity index is 2.49. The monoisotopic (exact) mass is 225 g/mol. The number of methoxy groups -OCH3 is 1. The summed E-state index contributed by atoms with van der Waals surface area (Å²) in [6.07, 6.45) is -1.04. The highest BCUT2D eigenvalue weighted by atomic mass is 16.5. The van der Waals surface area contributed by atoms with Crippen LogP contribution in [0.3, 0.4) is 0 Å². The summed E-state index contributed by atoms with van der Waals surface area (Å²) in [5.74, 6) is 0.697. The summed E-state index contributed by atoms with van der Waals surface area (Å²) < 4.78 is 5.05. The van der Waals surface area contributed by atoms with Crippen molar-refractivity contribution in [2.45, 2.75) is 0 Å². The van der Waals surface area contributed by atoms with Crippen LogP contribution < -0.4 is 21.1 Å². The number of nitrogens with two attached hydrogens (primary N) is 1. The predicted octanol–water partition coefficient (Wildman–Crippen LogP) is 0.957. The summed E-state index contributed by atoms with van der Waals surface area (Å²) in [6.45, 7) is 0.773. The van der Waals surface area contributed by atoms with Gasteiger partial charge in [-0.3, -0.25) is 0 Å². The Bertz CT molecular complexity index is 368. The third-order valence-electron chi connectivity index (χ3n) is 1.98. The first-order valence-electron chi connectivity index (χ1n) is 4.77. The van der Waals surface area contributed by atoms with Crippen molar-refractivity contribution in [1.82, 2.24) is 5.32 Å². The van der Waals surface area contributed by atoms with Crippen molar-refractivity contribution < 1.29 is 14.6 Å². The van der Waals surface area contributed by atoms with E-state index in [1.807, 2.05) is 0 Å². The van der Waals surface area contributed by atoms with E-state index in [0.29, 0.717) is 24.5 Å². The zero-order valence-corrected chi connectivity index (χ0v) is 8.99. The highest BCUT2D eigenvalue weighted by Gasteiger charge is 2.01. The van der Waals surface area contributed by atoms with E-state index in [4.69, 9.17) is 15.6 Å². The lowest BCUT2D eigenvalue weighted by Crippen LogP contribution is -2.27. The van der Waals surface area contributed by atoms with Crippen molar-refractivity contribution in [3.8, 4) is 5.75 Å². The number of carboxylic acid groups (broad SMARTS) is 1. The maximum Gasteiger partial charge on any atom is 0.404 e. The molecule has 0 bridgehead atoms. The molecule has 0 aliphatic heterocycles. The van der Waals surface area contributed by atoms with Gasteiger partial charge >= 0.3 is 6.09 Å². The molecule has 88 valence electrons. The predicted molar refractivity (Wildman–Crippen MR) is 61.9 cm³/mol. The van der Waals surface area contributed by atoms with Gasteiger partial charge in [0.15, 0.2) is 0 Å². The fourth-order valence-electron chi connectivity index (χ4n) is 1.18. The van der Waals surface area contributed by atoms with Crippen LogP contribution in [0.15, 0.2) is 18.2 Å². The molecule has 16 heavy (non-hydrogen) atoms. The first-order valence-corrected chi connectivity index (χ1v) is 4.77. The molecule has 6 heteroatoms. The maximum absolute atomic E-state index is 10.2. The van der Waals surface area contributed by atoms with Crippen LogP contribution in [0.5, 0.6) is 5.75 Å². The average Bonchev–Trinajstić information content (AvgIpc) is 2.26. The number of anilines is 2. The average molecular weight is 225 g/mol. The molecule has 0 fully saturated rings. The normalized spacial score (nSPS) is 9.56. The van der Waals surface area contributed by atoms with Crippen molar-refractivity contribution in [1.29, 1.82) is 0 Å². The molecule has 0 radical (unpaired) electrons. The number of benzene rings is 1. The molecule has 0 unspecified atom stereocenters. The minimum Gasteiger partial charge on any atom is -0.497 e. The van der Waals surface area contributed by atoms with Gasteiger partial charge in [-0.2, -0.15) is 0 Å². The van der Waals surface area contributed by atoms with Gasteiger partial charge in [-0.1, -0.05) is 0 Å². The lowest BCUT2D eigenvalue weighted by atomic mass is 10.2. The highest BCUT2D eigenvalue weighted by molar-refractivity contribution is 5.68. The lowest BCUT2D eigenvalue weighted by molar-refractivity contribution is 0.195. The molecular weight excluding hydrogens is 210 g/mol. The highest BCUT2D eigenvalue weighted by Crippen LogP contribution is 2.23. The van der Waals surface area contributed by atoms with Crippen molar-refractivity contribution in [3.05, 3.63) is 18.2 Å². The standard InChI is InChI=1S/C10H15N3O3/c1-16-7-2-3-8(11)9(6-7)12-4-5-13-10(14)15/h2-3,6,12-13H,4-5,11H2,1H3,(H,14,15). The molecule has 0 saturated carbocycles. The van der Waals surface area contributed by atoms with Gasteiger partial charge in [-0.05, 0) is 12.1 Å². The molecular formula is C10H15N3O3. The van der Waals surface area contributed by atoms with Gasteiger partial charge in [0, 0.05) is 19.2 Å². The van der Waals surface area contributed by atoms with Gasteiger partial charge in [0.1, 0.15) is 5.75 Å². The van der Waals surface area contributed by atoms with E-state index in [1.54, 1.807) is 25.3 Å². The minimum absolute atomic E-state index is 0.311. The number of hydrogen-bond acceptors (Lipinski definition) is 4. The Kier molecular flexibility index (Phi) is 4.26. The van der Waals surface area contributed by atoms with E-state index >= 15 is 0 Å². The molecule has 1 rings (SSSR count). The van der Waals surface area contributed by atoms with Crippen LogP contribution in [0.25, 0.3) is 0 Å². The van der Waals surface area contributed by atoms with Crippen LogP contribution in [0.4, 0.5) is 16.2 Å². The summed E-state index contributed by atoms with van der Waals surface area (Å²) >= 11 is 0. The lowest BCUT2D eigenvalue weighted by Gasteiger charge is -2.10. The fraction of sp³-hybridized carbons (Fsp3) is 0.300. The van der Waals surface area contributed by atoms with E-state index in [1.165, 1.54) is 0 Å². The molecule has 0 aliphatic rings. The van der Waals surface area contributed by atoms with E-state index in [-0.39, 0.29) is 0 Å². The van der Waals surface area contributed by atoms with Gasteiger partial charge in [-0.25, -0.2) is 4.79 Å². The van der Waals surface area contributed by atoms with Crippen LogP contribution in [0.2, 0.25) is 0 Å². The first kappa shape index (κ1) is 12.0. The Labute approximate surface area is 93.4 Å². The number of rotatable bonds is 5. The van der Waals surface area contributed by atoms with Crippen molar-refractivity contribution in [2.24, 2.45) is 0 Å². The molecule has 0 atom stereocenters. The van der Waals surface area contributed by atoms with Gasteiger partial charge in [0.05, 0.1) is 18.5 Å². The third kappa shape index (κ3) is 3.56. The van der Waals surface area contributed by atoms with Gasteiger partial charge in [0.25, 0.3) is 0 Å². The Hall–Kier alpha value is -2.11. The van der Waals surface area contributed by atoms with Crippen LogP contribution in [-0.4, -0.2) is 31.4 Å². The number of nitrogen functional groups attached to an aromatic ring is 1. The molecule has 0 spiro atoms. The van der Waals surface area contributed by atoms with Gasteiger partial charge < -0.3 is 26.2 Å². The second kappa shape index (κ2) is 5.69. The molecule has 1 amide bonds. The maximum atomic E-state index is 10.2. The smallest absolute Gasteiger partial charge is 0.404 e. The van der Waals surface area contributed by atoms with Crippen LogP contribution in [0, 0.1) is 0 Å². The molecule has 5 N–H and O–H groups in total. The Morgan fingerprint density at radius 1 is 1.50 bits per heavy atom. The van der Waals surface area contributed by atoms with Crippen LogP contribution >= 0.6 is 0 Å². The number of hydrogen-bond donors (Lipinski definition) is 4. The summed E-state index contributed by atoms with van der Waals surface area (Å²) in [7, 11) is 1.57. The summed E-state index contributed by atoms with van der Waals surface area (Å²) in [5, 5.41) is 13.6. The zero-order valence-electron chi connectivity index (χ0n) is 8.99.